The number of hydrogen-bond donors (Lipinski definition) is 0. The molecule has 1 saturated carbocycles. The van der Waals surface area contributed by atoms with Crippen molar-refractivity contribution < 1.29 is 97.3 Å². The Balaban J connectivity index is 0.000000181. The number of nitrogens with zero attached hydrogens (tertiary/aromatic N) is 10. The largest absolute Gasteiger partial charge is 0.504 e. The fourth-order valence-electron chi connectivity index (χ4n) is 14.1. The molecule has 0 unspecified atom stereocenters. The molecule has 12 aromatic carbocycles. The zero-order chi connectivity index (χ0) is 95.1. The zero-order valence-electron chi connectivity index (χ0n) is 73.1. The van der Waals surface area contributed by atoms with E-state index < -0.39 is 126 Å². The molecule has 0 aromatic heterocycles. The van der Waals surface area contributed by atoms with Crippen molar-refractivity contribution in [1.29, 1.82) is 0 Å². The normalized spacial score (nSPS) is 12.7. The molecule has 1 aliphatic carbocycles. The predicted octanol–water partition coefficient (Wildman–Crippen LogP) is 17.5. The minimum absolute atomic E-state index is 0.0238. The molecule has 0 N–H and O–H groups in total. The molecule has 12 aromatic rings. The van der Waals surface area contributed by atoms with E-state index in [1.807, 2.05) is 114 Å². The maximum Gasteiger partial charge on any atom is 0.504 e. The van der Waals surface area contributed by atoms with Gasteiger partial charge in [-0.1, -0.05) is 247 Å². The summed E-state index contributed by atoms with van der Waals surface area (Å²) in [4.78, 5) is 50.3. The monoisotopic (exact) mass is 1860 g/mol. The molecule has 0 atom stereocenters. The van der Waals surface area contributed by atoms with Crippen LogP contribution in [0.1, 0.15) is 140 Å². The van der Waals surface area contributed by atoms with Crippen LogP contribution < -0.4 is 0 Å². The van der Waals surface area contributed by atoms with Gasteiger partial charge in [0.2, 0.25) is 0 Å². The van der Waals surface area contributed by atoms with Crippen molar-refractivity contribution in [2.75, 3.05) is 0 Å². The van der Waals surface area contributed by atoms with E-state index in [1.54, 1.807) is 136 Å². The van der Waals surface area contributed by atoms with E-state index in [4.69, 9.17) is 5.53 Å². The summed E-state index contributed by atoms with van der Waals surface area (Å²) in [5, 5.41) is 4.57. The quantitative estimate of drug-likeness (QED) is 0.0381. The topological polar surface area (TPSA) is 472 Å². The highest BCUT2D eigenvalue weighted by Crippen LogP contribution is 2.35. The van der Waals surface area contributed by atoms with Gasteiger partial charge in [-0.05, 0) is 218 Å². The third-order valence-electron chi connectivity index (χ3n) is 21.2. The maximum absolute atomic E-state index is 13.1. The van der Waals surface area contributed by atoms with Crippen molar-refractivity contribution in [3.63, 3.8) is 0 Å². The van der Waals surface area contributed by atoms with Crippen LogP contribution in [0.2, 0.25) is 0 Å². The van der Waals surface area contributed by atoms with Crippen molar-refractivity contribution in [1.82, 2.24) is 0 Å². The predicted molar refractivity (Wildman–Crippen MR) is 495 cm³/mol. The van der Waals surface area contributed by atoms with Crippen LogP contribution in [0.25, 0.3) is 81.5 Å². The van der Waals surface area contributed by atoms with Crippen LogP contribution in [0.3, 0.4) is 0 Å². The summed E-state index contributed by atoms with van der Waals surface area (Å²) in [6, 6.07) is 58.4. The first-order valence-corrected chi connectivity index (χ1v) is 50.2. The molecule has 0 heterocycles. The number of carbonyl (C=O) groups is 3. The Kier molecular flexibility index (Phi) is 30.2. The lowest BCUT2D eigenvalue weighted by atomic mass is 9.91. The van der Waals surface area contributed by atoms with Gasteiger partial charge in [-0.25, -0.2) is 58.9 Å². The summed E-state index contributed by atoms with van der Waals surface area (Å²) < 4.78 is 178. The van der Waals surface area contributed by atoms with E-state index >= 15 is 0 Å². The lowest BCUT2D eigenvalue weighted by molar-refractivity contribution is -0.123. The summed E-state index contributed by atoms with van der Waals surface area (Å²) in [5.74, 6) is -2.31. The molecule has 1 fully saturated rings. The Morgan fingerprint density at radius 2 is 0.578 bits per heavy atom. The fraction of sp³-hybridized carbons (Fsp3) is 0.255. The molecule has 1 aliphatic rings. The lowest BCUT2D eigenvalue weighted by Crippen LogP contribution is -2.35. The average molecular weight is 1860 g/mol. The molecule has 0 amide bonds. The van der Waals surface area contributed by atoms with Crippen LogP contribution >= 0.6 is 0 Å². The van der Waals surface area contributed by atoms with Gasteiger partial charge in [0.1, 0.15) is 0 Å². The van der Waals surface area contributed by atoms with E-state index in [2.05, 4.69) is 23.9 Å². The van der Waals surface area contributed by atoms with Gasteiger partial charge in [-0.3, -0.25) is 14.4 Å². The SMILES string of the molecule is Cc1cc2ccc(S(=O)(=O)C(=[N+]=[N-])C(=O)C(C)(C)C)cc2cc1C.Cc1ccc2cc(S(=O)(=O)C(=[N+]=[N-])C(=O)C(C)(C)C)c(C)cc2c1.Cc1ccc2cc(S(=O)(=O)C(=[N+]=[N-])C(=O)c3ccccc3)c(C)cc2c1.Cc1ccc2cc(S(=O)(=O)C(=[N+]=[N-])S(=O)(=O)C3CCCCC3)c(C)cc2c1.Cc1ccc2cc(S(=O)(=O)C(=[N+]=[N-])S(=O)(=O)c3ccccc3)c(C)cc2c1. The molecule has 0 bridgehead atoms. The third kappa shape index (κ3) is 21.5. The fourth-order valence-corrected chi connectivity index (χ4v) is 26.5. The van der Waals surface area contributed by atoms with E-state index in [-0.39, 0.29) is 34.9 Å². The molecule has 664 valence electrons. The highest BCUT2D eigenvalue weighted by Gasteiger charge is 2.50. The molecule has 128 heavy (non-hydrogen) atoms. The highest BCUT2D eigenvalue weighted by molar-refractivity contribution is 8.31. The maximum atomic E-state index is 13.1. The third-order valence-corrected chi connectivity index (χ3v) is 35.6. The van der Waals surface area contributed by atoms with Crippen LogP contribution in [0.5, 0.6) is 0 Å². The number of benzene rings is 12. The molecule has 0 spiro atoms. The van der Waals surface area contributed by atoms with Gasteiger partial charge in [0.05, 0.1) is 34.6 Å². The van der Waals surface area contributed by atoms with Crippen molar-refractivity contribution >= 4 is 164 Å². The second kappa shape index (κ2) is 39.0. The summed E-state index contributed by atoms with van der Waals surface area (Å²) in [6.07, 6.45) is 3.13. The molecule has 13 rings (SSSR count). The molecule has 0 saturated heterocycles. The first-order valence-electron chi connectivity index (χ1n) is 39.8. The van der Waals surface area contributed by atoms with Gasteiger partial charge >= 0.3 is 23.9 Å². The van der Waals surface area contributed by atoms with Gasteiger partial charge in [-0.2, -0.15) is 0 Å². The number of carbonyl (C=O) groups excluding carboxylic acids is 3. The molecular formula is C94H94N10O17S7. The van der Waals surface area contributed by atoms with E-state index in [9.17, 15) is 95.4 Å². The number of Topliss-reactive ketones (excluding diaryl/α,β-unsaturated/α-hetero) is 3. The van der Waals surface area contributed by atoms with Gasteiger partial charge in [0.25, 0.3) is 86.2 Å². The molecule has 0 radical (unpaired) electrons. The molecule has 0 aliphatic heterocycles. The zero-order valence-corrected chi connectivity index (χ0v) is 78.8. The molecule has 34 heteroatoms. The lowest BCUT2D eigenvalue weighted by Gasteiger charge is -2.19. The number of hydrogen-bond acceptors (Lipinski definition) is 17. The van der Waals surface area contributed by atoms with Crippen LogP contribution in [0.4, 0.5) is 0 Å². The summed E-state index contributed by atoms with van der Waals surface area (Å²) in [5.41, 5.74) is 52.5. The van der Waals surface area contributed by atoms with Crippen molar-refractivity contribution in [2.45, 2.75) is 178 Å². The Hall–Kier alpha value is -12.5. The summed E-state index contributed by atoms with van der Waals surface area (Å²) in [7, 11) is -30.5. The van der Waals surface area contributed by atoms with E-state index in [0.717, 1.165) is 95.7 Å². The number of fused-ring (bicyclic) bond motifs is 5. The Labute approximate surface area is 745 Å². The standard InChI is InChI=1S/C20H16N2O3S.C19H22N2O4S2.C19H16N2O4S2.2C18H20N2O3S/c1-13-8-9-16-12-18(14(2)11-17(16)10-13)26(24,25)20(22-21)19(23)15-6-4-3-5-7-15;2*1-13-8-9-15-12-18(14(2)11-16(15)10-13)27(24,25)19(21-20)26(22,23)17-6-4-3-5-7-17;1-11-8-13-6-7-15(10-14(13)9-12(11)2)24(22,23)17(20-19)16(21)18(3,4)5;1-11-6-7-13-10-15(12(2)9-14(13)8-11)24(22,23)17(20-19)16(21)18(3,4)5/h3-12H,1-2H3;8-12,17H,3-7H2,1-2H3;3-12H,1-2H3;2*6-10H,1-5H3. The average Bonchev–Trinajstić information content (AvgIpc) is 0.756. The Bertz CT molecular complexity index is 7750. The summed E-state index contributed by atoms with van der Waals surface area (Å²) in [6.45, 7) is 27.6. The minimum Gasteiger partial charge on any atom is -0.360 e. The first-order chi connectivity index (χ1) is 59.6. The highest BCUT2D eigenvalue weighted by atomic mass is 32.3. The Morgan fingerprint density at radius 1 is 0.281 bits per heavy atom. The smallest absolute Gasteiger partial charge is 0.360 e. The second-order valence-electron chi connectivity index (χ2n) is 33.3. The molecule has 27 nitrogen and oxygen atoms in total. The van der Waals surface area contributed by atoms with Gasteiger partial charge < -0.3 is 27.7 Å². The van der Waals surface area contributed by atoms with Crippen molar-refractivity contribution in [3.05, 3.63) is 301 Å². The number of aryl methyl sites for hydroxylation is 10. The first kappa shape index (κ1) is 99.3. The number of sulfone groups is 7. The van der Waals surface area contributed by atoms with Gasteiger partial charge in [-0.15, -0.1) is 23.9 Å². The Morgan fingerprint density at radius 3 is 0.930 bits per heavy atom. The van der Waals surface area contributed by atoms with Crippen LogP contribution in [0, 0.1) is 80.1 Å². The second-order valence-corrected chi connectivity index (χ2v) is 47.0. The molecular weight excluding hydrogens is 1770 g/mol. The van der Waals surface area contributed by atoms with Gasteiger partial charge in [0.15, 0.2) is 0 Å². The van der Waals surface area contributed by atoms with Crippen molar-refractivity contribution in [2.24, 2.45) is 10.8 Å². The van der Waals surface area contributed by atoms with E-state index in [0.29, 0.717) is 45.9 Å². The number of rotatable bonds is 11. The number of ketones is 3. The van der Waals surface area contributed by atoms with Crippen LogP contribution in [0.15, 0.2) is 242 Å². The van der Waals surface area contributed by atoms with Gasteiger partial charge in [0, 0.05) is 16.4 Å². The summed E-state index contributed by atoms with van der Waals surface area (Å²) >= 11 is 0. The van der Waals surface area contributed by atoms with Crippen molar-refractivity contribution in [3.8, 4) is 0 Å². The van der Waals surface area contributed by atoms with Crippen LogP contribution in [-0.4, -0.2) is 129 Å². The van der Waals surface area contributed by atoms with E-state index in [1.165, 1.54) is 72.8 Å². The minimum atomic E-state index is -4.58. The van der Waals surface area contributed by atoms with Crippen LogP contribution in [-0.2, 0) is 78.4 Å².